The Labute approximate surface area is 357 Å². The Morgan fingerprint density at radius 1 is 0.831 bits per heavy atom. The van der Waals surface area contributed by atoms with Crippen molar-refractivity contribution in [1.82, 2.24) is 15.5 Å². The number of hydrogen-bond acceptors (Lipinski definition) is 9. The number of carbonyl (C=O) groups excluding carboxylic acids is 4. The molecule has 1 unspecified atom stereocenters. The molecular formula is C44H58Cl2N4O9. The van der Waals surface area contributed by atoms with E-state index in [0.29, 0.717) is 46.7 Å². The van der Waals surface area contributed by atoms with Crippen molar-refractivity contribution in [2.45, 2.75) is 91.8 Å². The van der Waals surface area contributed by atoms with Crippen LogP contribution in [-0.4, -0.2) is 80.6 Å². The topological polar surface area (TPSA) is 168 Å². The molecule has 4 rings (SSSR count). The third-order valence-electron chi connectivity index (χ3n) is 9.40. The number of benzene rings is 3. The second kappa shape index (κ2) is 21.5. The van der Waals surface area contributed by atoms with Crippen molar-refractivity contribution in [3.63, 3.8) is 0 Å². The number of amides is 4. The number of alkyl carbamates (subject to hydrolysis) is 1. The van der Waals surface area contributed by atoms with Gasteiger partial charge in [0.2, 0.25) is 11.8 Å². The molecule has 0 saturated heterocycles. The smallest absolute Gasteiger partial charge is 0.412 e. The zero-order valence-electron chi connectivity index (χ0n) is 35.1. The largest absolute Gasteiger partial charge is 0.490 e. The van der Waals surface area contributed by atoms with Crippen molar-refractivity contribution in [3.05, 3.63) is 86.9 Å². The summed E-state index contributed by atoms with van der Waals surface area (Å²) in [6.07, 6.45) is 2.04. The Hall–Kier alpha value is -4.72. The number of aryl methyl sites for hydroxylation is 2. The maximum atomic E-state index is 14.6. The van der Waals surface area contributed by atoms with Crippen LogP contribution in [0.25, 0.3) is 0 Å². The van der Waals surface area contributed by atoms with Gasteiger partial charge >= 0.3 is 12.2 Å². The van der Waals surface area contributed by atoms with Gasteiger partial charge < -0.3 is 45.0 Å². The van der Waals surface area contributed by atoms with Crippen molar-refractivity contribution in [1.29, 1.82) is 0 Å². The minimum absolute atomic E-state index is 0.00505. The molecule has 3 aromatic rings. The van der Waals surface area contributed by atoms with Gasteiger partial charge in [-0.1, -0.05) is 41.4 Å². The Kier molecular flexibility index (Phi) is 17.1. The van der Waals surface area contributed by atoms with Gasteiger partial charge in [0.25, 0.3) is 0 Å². The summed E-state index contributed by atoms with van der Waals surface area (Å²) in [6, 6.07) is 16.5. The first-order valence-electron chi connectivity index (χ1n) is 19.8. The lowest BCUT2D eigenvalue weighted by Gasteiger charge is -2.29. The summed E-state index contributed by atoms with van der Waals surface area (Å²) in [4.78, 5) is 53.8. The quantitative estimate of drug-likeness (QED) is 0.0906. The van der Waals surface area contributed by atoms with E-state index >= 15 is 0 Å². The van der Waals surface area contributed by atoms with Crippen LogP contribution in [0.15, 0.2) is 54.6 Å². The molecule has 0 aliphatic heterocycles. The standard InChI is InChI=1S/C44H58Cl2N4O9/c1-28-19-36(45)38(37(46)20-28)57-18-17-56-34-14-10-29(11-15-34)22-32(25-48-42(54)59-43(2,3)4)39(51)50(33-12-13-33)26-31-21-30(9-8-16-55-7)23-35(24-31)58-41(53)49-27-44(5,6)40(47)52/h10-11,14-15,19-21,23-24,32-33H,8-9,12-13,16-18,22,25-27H2,1-7H3,(H2,47,52)(H,48,54)(H,49,53). The zero-order valence-corrected chi connectivity index (χ0v) is 36.6. The third-order valence-corrected chi connectivity index (χ3v) is 9.96. The van der Waals surface area contributed by atoms with E-state index in [1.54, 1.807) is 66.0 Å². The molecule has 0 radical (unpaired) electrons. The van der Waals surface area contributed by atoms with Crippen molar-refractivity contribution >= 4 is 47.2 Å². The van der Waals surface area contributed by atoms with Gasteiger partial charge in [-0.05, 0) is 132 Å². The minimum atomic E-state index is -0.968. The lowest BCUT2D eigenvalue weighted by Crippen LogP contribution is -2.44. The van der Waals surface area contributed by atoms with E-state index < -0.39 is 35.0 Å². The van der Waals surface area contributed by atoms with Gasteiger partial charge in [-0.2, -0.15) is 0 Å². The first kappa shape index (κ1) is 47.0. The van der Waals surface area contributed by atoms with Gasteiger partial charge in [0.15, 0.2) is 5.75 Å². The van der Waals surface area contributed by atoms with Crippen LogP contribution in [0.1, 0.15) is 76.1 Å². The maximum Gasteiger partial charge on any atom is 0.412 e. The molecule has 0 bridgehead atoms. The third kappa shape index (κ3) is 15.8. The fourth-order valence-electron chi connectivity index (χ4n) is 6.07. The Morgan fingerprint density at radius 3 is 2.08 bits per heavy atom. The molecule has 0 aromatic heterocycles. The number of nitrogens with zero attached hydrogens (tertiary/aromatic N) is 1. The van der Waals surface area contributed by atoms with Gasteiger partial charge in [-0.25, -0.2) is 9.59 Å². The van der Waals surface area contributed by atoms with Crippen LogP contribution in [0.2, 0.25) is 10.0 Å². The van der Waals surface area contributed by atoms with E-state index in [2.05, 4.69) is 10.6 Å². The summed E-state index contributed by atoms with van der Waals surface area (Å²) in [5.74, 6) is 0.000996. The van der Waals surface area contributed by atoms with Crippen LogP contribution in [0.3, 0.4) is 0 Å². The molecule has 1 fully saturated rings. The molecule has 0 heterocycles. The molecule has 3 aromatic carbocycles. The number of ether oxygens (including phenoxy) is 5. The van der Waals surface area contributed by atoms with E-state index in [1.807, 2.05) is 42.2 Å². The molecule has 15 heteroatoms. The van der Waals surface area contributed by atoms with Crippen LogP contribution in [0.5, 0.6) is 17.2 Å². The van der Waals surface area contributed by atoms with E-state index in [9.17, 15) is 19.2 Å². The second-order valence-corrected chi connectivity index (χ2v) is 17.3. The molecule has 1 atom stereocenters. The van der Waals surface area contributed by atoms with E-state index in [-0.39, 0.29) is 44.8 Å². The van der Waals surface area contributed by atoms with Crippen molar-refractivity contribution in [2.24, 2.45) is 17.1 Å². The van der Waals surface area contributed by atoms with Crippen molar-refractivity contribution in [3.8, 4) is 17.2 Å². The highest BCUT2D eigenvalue weighted by molar-refractivity contribution is 6.37. The molecule has 4 N–H and O–H groups in total. The summed E-state index contributed by atoms with van der Waals surface area (Å²) in [5.41, 5.74) is 7.26. The van der Waals surface area contributed by atoms with Gasteiger partial charge in [0, 0.05) is 39.4 Å². The number of primary amides is 1. The van der Waals surface area contributed by atoms with E-state index in [4.69, 9.17) is 52.6 Å². The average molecular weight is 858 g/mol. The summed E-state index contributed by atoms with van der Waals surface area (Å²) in [5, 5.41) is 6.29. The average Bonchev–Trinajstić information content (AvgIpc) is 3.99. The van der Waals surface area contributed by atoms with Crippen LogP contribution in [-0.2, 0) is 38.4 Å². The van der Waals surface area contributed by atoms with Crippen LogP contribution in [0, 0.1) is 18.3 Å². The van der Waals surface area contributed by atoms with E-state index in [1.165, 1.54) is 0 Å². The molecule has 0 spiro atoms. The van der Waals surface area contributed by atoms with Gasteiger partial charge in [0.1, 0.15) is 30.3 Å². The van der Waals surface area contributed by atoms with Gasteiger partial charge in [0.05, 0.1) is 21.4 Å². The first-order chi connectivity index (χ1) is 27.8. The van der Waals surface area contributed by atoms with Crippen molar-refractivity contribution < 1.29 is 42.9 Å². The van der Waals surface area contributed by atoms with Gasteiger partial charge in [-0.15, -0.1) is 0 Å². The first-order valence-corrected chi connectivity index (χ1v) is 20.5. The molecule has 1 aliphatic rings. The molecule has 322 valence electrons. The second-order valence-electron chi connectivity index (χ2n) is 16.5. The van der Waals surface area contributed by atoms with Crippen LogP contribution < -0.4 is 30.6 Å². The van der Waals surface area contributed by atoms with E-state index in [0.717, 1.165) is 41.5 Å². The number of nitrogens with two attached hydrogens (primary N) is 1. The lowest BCUT2D eigenvalue weighted by molar-refractivity contribution is -0.136. The number of nitrogens with one attached hydrogen (secondary N) is 2. The normalized spacial score (nSPS) is 13.2. The molecule has 1 aliphatic carbocycles. The molecule has 1 saturated carbocycles. The number of halogens is 2. The lowest BCUT2D eigenvalue weighted by atomic mass is 9.93. The Balaban J connectivity index is 1.50. The highest BCUT2D eigenvalue weighted by atomic mass is 35.5. The van der Waals surface area contributed by atoms with Crippen molar-refractivity contribution in [2.75, 3.05) is 40.0 Å². The Morgan fingerprint density at radius 2 is 1.47 bits per heavy atom. The Bertz CT molecular complexity index is 1890. The summed E-state index contributed by atoms with van der Waals surface area (Å²) >= 11 is 12.6. The van der Waals surface area contributed by atoms with Crippen LogP contribution >= 0.6 is 23.2 Å². The molecule has 59 heavy (non-hydrogen) atoms. The number of rotatable bonds is 21. The number of carbonyl (C=O) groups is 4. The fraction of sp³-hybridized carbons (Fsp3) is 0.500. The molecule has 4 amide bonds. The summed E-state index contributed by atoms with van der Waals surface area (Å²) < 4.78 is 28.1. The number of hydrogen-bond donors (Lipinski definition) is 3. The van der Waals surface area contributed by atoms with Crippen LogP contribution in [0.4, 0.5) is 9.59 Å². The molecule has 13 nitrogen and oxygen atoms in total. The predicted molar refractivity (Wildman–Crippen MR) is 227 cm³/mol. The highest BCUT2D eigenvalue weighted by Crippen LogP contribution is 2.34. The zero-order chi connectivity index (χ0) is 43.3. The summed E-state index contributed by atoms with van der Waals surface area (Å²) in [7, 11) is 1.64. The highest BCUT2D eigenvalue weighted by Gasteiger charge is 2.36. The number of methoxy groups -OCH3 is 1. The predicted octanol–water partition coefficient (Wildman–Crippen LogP) is 7.81. The monoisotopic (exact) mass is 856 g/mol. The minimum Gasteiger partial charge on any atom is -0.490 e. The summed E-state index contributed by atoms with van der Waals surface area (Å²) in [6.45, 7) is 11.8. The SMILES string of the molecule is COCCCc1cc(CN(C(=O)C(CNC(=O)OC(C)(C)C)Cc2ccc(OCCOc3c(Cl)cc(C)cc3Cl)cc2)C2CC2)cc(OC(=O)NCC(C)(C)C(N)=O)c1. The maximum absolute atomic E-state index is 14.6. The van der Waals surface area contributed by atoms with Gasteiger partial charge in [-0.3, -0.25) is 9.59 Å². The molecular weight excluding hydrogens is 799 g/mol. The fourth-order valence-corrected chi connectivity index (χ4v) is 6.78.